The van der Waals surface area contributed by atoms with Crippen LogP contribution >= 0.6 is 0 Å². The summed E-state index contributed by atoms with van der Waals surface area (Å²) in [5, 5.41) is 11.8. The van der Waals surface area contributed by atoms with Gasteiger partial charge in [0.1, 0.15) is 10.5 Å². The minimum Gasteiger partial charge on any atom is -0.481 e. The zero-order valence-electron chi connectivity index (χ0n) is 14.6. The van der Waals surface area contributed by atoms with Gasteiger partial charge in [-0.25, -0.2) is 18.2 Å². The topological polar surface area (TPSA) is 136 Å². The van der Waals surface area contributed by atoms with Crippen LogP contribution in [0.2, 0.25) is 0 Å². The number of piperazine rings is 1. The van der Waals surface area contributed by atoms with Gasteiger partial charge >= 0.3 is 12.0 Å². The first-order chi connectivity index (χ1) is 12.9. The number of nitrogens with one attached hydrogen (secondary N) is 2. The Hall–Kier alpha value is -2.66. The van der Waals surface area contributed by atoms with E-state index in [0.29, 0.717) is 17.5 Å². The van der Waals surface area contributed by atoms with Crippen LogP contribution < -0.4 is 5.32 Å². The second-order valence-corrected chi connectivity index (χ2v) is 8.08. The maximum atomic E-state index is 12.9. The van der Waals surface area contributed by atoms with Crippen LogP contribution in [-0.2, 0) is 14.8 Å². The summed E-state index contributed by atoms with van der Waals surface area (Å²) >= 11 is 0. The molecule has 1 aliphatic heterocycles. The average molecular weight is 395 g/mol. The largest absolute Gasteiger partial charge is 0.481 e. The van der Waals surface area contributed by atoms with Gasteiger partial charge < -0.3 is 20.3 Å². The van der Waals surface area contributed by atoms with E-state index in [1.165, 1.54) is 15.4 Å². The zero-order valence-corrected chi connectivity index (χ0v) is 15.4. The van der Waals surface area contributed by atoms with Crippen LogP contribution in [0.25, 0.3) is 11.0 Å². The number of aromatic amines is 1. The quantitative estimate of drug-likeness (QED) is 0.608. The van der Waals surface area contributed by atoms with Gasteiger partial charge in [-0.3, -0.25) is 4.79 Å². The van der Waals surface area contributed by atoms with Crippen molar-refractivity contribution in [2.75, 3.05) is 32.7 Å². The highest BCUT2D eigenvalue weighted by molar-refractivity contribution is 7.89. The van der Waals surface area contributed by atoms with Gasteiger partial charge in [0, 0.05) is 56.9 Å². The van der Waals surface area contributed by atoms with Crippen molar-refractivity contribution < 1.29 is 23.1 Å². The molecule has 146 valence electrons. The number of sulfonamides is 1. The van der Waals surface area contributed by atoms with Gasteiger partial charge in [0.2, 0.25) is 10.0 Å². The third kappa shape index (κ3) is 4.19. The molecular weight excluding hydrogens is 374 g/mol. The molecule has 11 heteroatoms. The Morgan fingerprint density at radius 2 is 2.00 bits per heavy atom. The fourth-order valence-electron chi connectivity index (χ4n) is 2.96. The number of nitrogens with zero attached hydrogens (tertiary/aromatic N) is 3. The van der Waals surface area contributed by atoms with E-state index in [1.54, 1.807) is 18.3 Å². The Bertz CT molecular complexity index is 934. The van der Waals surface area contributed by atoms with Gasteiger partial charge in [-0.1, -0.05) is 0 Å². The lowest BCUT2D eigenvalue weighted by molar-refractivity contribution is -0.137. The second-order valence-electron chi connectivity index (χ2n) is 6.17. The lowest BCUT2D eigenvalue weighted by Gasteiger charge is -2.33. The van der Waals surface area contributed by atoms with Gasteiger partial charge in [-0.2, -0.15) is 4.31 Å². The molecule has 3 heterocycles. The molecule has 3 N–H and O–H groups in total. The molecule has 27 heavy (non-hydrogen) atoms. The summed E-state index contributed by atoms with van der Waals surface area (Å²) in [6.07, 6.45) is 3.37. The number of urea groups is 1. The standard InChI is InChI=1S/C16H21N5O5S/c22-14(23)4-2-6-18-16(24)20-7-9-21(10-8-20)27(25,26)13-11-19-15-12(13)3-1-5-17-15/h1,3,5,11H,2,4,6-10H2,(H,17,19)(H,18,24)(H,22,23). The molecule has 2 aromatic heterocycles. The van der Waals surface area contributed by atoms with Crippen molar-refractivity contribution in [3.8, 4) is 0 Å². The molecule has 0 spiro atoms. The summed E-state index contributed by atoms with van der Waals surface area (Å²) in [5.74, 6) is -0.907. The van der Waals surface area contributed by atoms with E-state index < -0.39 is 16.0 Å². The minimum atomic E-state index is -3.69. The number of carboxylic acid groups (broad SMARTS) is 1. The summed E-state index contributed by atoms with van der Waals surface area (Å²) in [5.41, 5.74) is 0.510. The SMILES string of the molecule is O=C(O)CCCNC(=O)N1CCN(S(=O)(=O)c2c[nH]c3ncccc23)CC1. The first-order valence-corrected chi connectivity index (χ1v) is 10.0. The van der Waals surface area contributed by atoms with Crippen LogP contribution in [0.5, 0.6) is 0 Å². The average Bonchev–Trinajstić information content (AvgIpc) is 3.10. The van der Waals surface area contributed by atoms with E-state index in [1.807, 2.05) is 0 Å². The number of carbonyl (C=O) groups is 2. The number of pyridine rings is 1. The maximum absolute atomic E-state index is 12.9. The molecule has 0 bridgehead atoms. The lowest BCUT2D eigenvalue weighted by Crippen LogP contribution is -2.53. The molecule has 0 aliphatic carbocycles. The number of fused-ring (bicyclic) bond motifs is 1. The predicted octanol–water partition coefficient (Wildman–Crippen LogP) is 0.444. The minimum absolute atomic E-state index is 0.00815. The van der Waals surface area contributed by atoms with E-state index in [-0.39, 0.29) is 50.1 Å². The monoisotopic (exact) mass is 395 g/mol. The summed E-state index contributed by atoms with van der Waals surface area (Å²) in [6.45, 7) is 1.19. The first-order valence-electron chi connectivity index (χ1n) is 8.56. The van der Waals surface area contributed by atoms with Crippen LogP contribution in [0.4, 0.5) is 4.79 Å². The van der Waals surface area contributed by atoms with Crippen molar-refractivity contribution in [2.24, 2.45) is 0 Å². The number of rotatable bonds is 6. The molecule has 0 saturated carbocycles. The van der Waals surface area contributed by atoms with Gasteiger partial charge in [-0.15, -0.1) is 0 Å². The van der Waals surface area contributed by atoms with Crippen LogP contribution in [0.1, 0.15) is 12.8 Å². The molecule has 0 radical (unpaired) electrons. The van der Waals surface area contributed by atoms with Crippen molar-refractivity contribution in [3.05, 3.63) is 24.5 Å². The molecule has 0 aromatic carbocycles. The molecule has 1 fully saturated rings. The molecule has 3 rings (SSSR count). The van der Waals surface area contributed by atoms with Crippen molar-refractivity contribution >= 4 is 33.1 Å². The van der Waals surface area contributed by atoms with Gasteiger partial charge in [0.25, 0.3) is 0 Å². The predicted molar refractivity (Wildman–Crippen MR) is 96.7 cm³/mol. The fourth-order valence-corrected chi connectivity index (χ4v) is 4.53. The summed E-state index contributed by atoms with van der Waals surface area (Å²) in [6, 6.07) is 3.07. The number of carbonyl (C=O) groups excluding carboxylic acids is 1. The van der Waals surface area contributed by atoms with Crippen molar-refractivity contribution in [1.29, 1.82) is 0 Å². The van der Waals surface area contributed by atoms with Crippen molar-refractivity contribution in [3.63, 3.8) is 0 Å². The molecule has 0 unspecified atom stereocenters. The fraction of sp³-hybridized carbons (Fsp3) is 0.438. The highest BCUT2D eigenvalue weighted by atomic mass is 32.2. The summed E-state index contributed by atoms with van der Waals surface area (Å²) in [7, 11) is -3.69. The smallest absolute Gasteiger partial charge is 0.317 e. The summed E-state index contributed by atoms with van der Waals surface area (Å²) < 4.78 is 27.2. The van der Waals surface area contributed by atoms with Gasteiger partial charge in [0.15, 0.2) is 0 Å². The Kier molecular flexibility index (Phi) is 5.61. The Morgan fingerprint density at radius 1 is 1.26 bits per heavy atom. The Labute approximate surface area is 156 Å². The molecule has 2 amide bonds. The van der Waals surface area contributed by atoms with Crippen LogP contribution in [-0.4, -0.2) is 77.4 Å². The highest BCUT2D eigenvalue weighted by Crippen LogP contribution is 2.25. The number of amides is 2. The third-order valence-electron chi connectivity index (χ3n) is 4.40. The van der Waals surface area contributed by atoms with E-state index in [4.69, 9.17) is 5.11 Å². The molecule has 0 atom stereocenters. The number of H-pyrrole nitrogens is 1. The molecule has 1 saturated heterocycles. The lowest BCUT2D eigenvalue weighted by atomic mass is 10.3. The third-order valence-corrected chi connectivity index (χ3v) is 6.34. The first kappa shape index (κ1) is 19.1. The van der Waals surface area contributed by atoms with E-state index >= 15 is 0 Å². The number of aliphatic carboxylic acids is 1. The number of hydrogen-bond acceptors (Lipinski definition) is 5. The Balaban J connectivity index is 1.58. The summed E-state index contributed by atoms with van der Waals surface area (Å²) in [4.78, 5) is 31.2. The zero-order chi connectivity index (χ0) is 19.4. The van der Waals surface area contributed by atoms with Gasteiger partial charge in [0.05, 0.1) is 0 Å². The number of aromatic nitrogens is 2. The van der Waals surface area contributed by atoms with Crippen molar-refractivity contribution in [2.45, 2.75) is 17.7 Å². The van der Waals surface area contributed by atoms with E-state index in [9.17, 15) is 18.0 Å². The molecule has 2 aromatic rings. The Morgan fingerprint density at radius 3 is 2.70 bits per heavy atom. The van der Waals surface area contributed by atoms with Crippen LogP contribution in [0.3, 0.4) is 0 Å². The molecule has 1 aliphatic rings. The molecule has 10 nitrogen and oxygen atoms in total. The van der Waals surface area contributed by atoms with Crippen LogP contribution in [0, 0.1) is 0 Å². The normalized spacial score (nSPS) is 15.8. The van der Waals surface area contributed by atoms with E-state index in [2.05, 4.69) is 15.3 Å². The number of hydrogen-bond donors (Lipinski definition) is 3. The maximum Gasteiger partial charge on any atom is 0.317 e. The van der Waals surface area contributed by atoms with Crippen molar-refractivity contribution in [1.82, 2.24) is 24.5 Å². The highest BCUT2D eigenvalue weighted by Gasteiger charge is 2.31. The van der Waals surface area contributed by atoms with Crippen LogP contribution in [0.15, 0.2) is 29.4 Å². The van der Waals surface area contributed by atoms with E-state index in [0.717, 1.165) is 0 Å². The number of carboxylic acids is 1. The van der Waals surface area contributed by atoms with Gasteiger partial charge in [-0.05, 0) is 18.6 Å². The second kappa shape index (κ2) is 7.92. The molecular formula is C16H21N5O5S.